The van der Waals surface area contributed by atoms with E-state index >= 15 is 0 Å². The van der Waals surface area contributed by atoms with Gasteiger partial charge in [-0.15, -0.1) is 0 Å². The predicted molar refractivity (Wildman–Crippen MR) is 79.0 cm³/mol. The maximum atomic E-state index is 11.5. The Kier molecular flexibility index (Phi) is 3.62. The zero-order valence-electron chi connectivity index (χ0n) is 11.4. The molecule has 1 atom stereocenters. The molecule has 1 aromatic heterocycles. The van der Waals surface area contributed by atoms with Gasteiger partial charge in [0.15, 0.2) is 9.84 Å². The number of aromatic nitrogens is 2. The summed E-state index contributed by atoms with van der Waals surface area (Å²) in [6, 6.07) is 0. The van der Waals surface area contributed by atoms with Crippen LogP contribution in [0.2, 0.25) is 5.15 Å². The lowest BCUT2D eigenvalue weighted by Gasteiger charge is -2.13. The van der Waals surface area contributed by atoms with E-state index in [0.29, 0.717) is 23.4 Å². The molecule has 1 aliphatic carbocycles. The Morgan fingerprint density at radius 3 is 2.65 bits per heavy atom. The molecule has 0 bridgehead atoms. The van der Waals surface area contributed by atoms with Gasteiger partial charge in [0, 0.05) is 18.0 Å². The van der Waals surface area contributed by atoms with Crippen LogP contribution >= 0.6 is 11.6 Å². The summed E-state index contributed by atoms with van der Waals surface area (Å²) < 4.78 is 22.9. The van der Waals surface area contributed by atoms with Gasteiger partial charge in [-0.2, -0.15) is 0 Å². The summed E-state index contributed by atoms with van der Waals surface area (Å²) in [5, 5.41) is 3.75. The Bertz CT molecular complexity index is 629. The van der Waals surface area contributed by atoms with Crippen LogP contribution < -0.4 is 5.32 Å². The number of hydrogen-bond donors (Lipinski definition) is 1. The first kappa shape index (κ1) is 14.1. The minimum absolute atomic E-state index is 0.164. The van der Waals surface area contributed by atoms with Crippen LogP contribution in [0.5, 0.6) is 0 Å². The number of halogens is 1. The van der Waals surface area contributed by atoms with E-state index in [4.69, 9.17) is 11.6 Å². The number of hydrogen-bond acceptors (Lipinski definition) is 5. The van der Waals surface area contributed by atoms with E-state index in [2.05, 4.69) is 15.3 Å². The maximum absolute atomic E-state index is 11.5. The van der Waals surface area contributed by atoms with Gasteiger partial charge >= 0.3 is 0 Å². The largest absolute Gasteiger partial charge is 0.369 e. The lowest BCUT2D eigenvalue weighted by atomic mass is 10.1. The third-order valence-corrected chi connectivity index (χ3v) is 6.14. The summed E-state index contributed by atoms with van der Waals surface area (Å²) in [7, 11) is -2.83. The highest BCUT2D eigenvalue weighted by molar-refractivity contribution is 7.91. The van der Waals surface area contributed by atoms with Gasteiger partial charge in [0.25, 0.3) is 0 Å². The van der Waals surface area contributed by atoms with Crippen LogP contribution in [0.15, 0.2) is 0 Å². The van der Waals surface area contributed by atoms with Gasteiger partial charge in [0.05, 0.1) is 11.5 Å². The van der Waals surface area contributed by atoms with Gasteiger partial charge in [-0.1, -0.05) is 11.6 Å². The highest BCUT2D eigenvalue weighted by Gasteiger charge is 2.29. The van der Waals surface area contributed by atoms with Crippen molar-refractivity contribution in [1.82, 2.24) is 9.97 Å². The molecule has 1 saturated carbocycles. The Hall–Kier alpha value is -0.880. The number of rotatable bonds is 4. The van der Waals surface area contributed by atoms with Gasteiger partial charge in [0.2, 0.25) is 0 Å². The quantitative estimate of drug-likeness (QED) is 0.862. The van der Waals surface area contributed by atoms with Crippen LogP contribution in [0.4, 0.5) is 5.82 Å². The van der Waals surface area contributed by atoms with Gasteiger partial charge in [-0.3, -0.25) is 0 Å². The average Bonchev–Trinajstić information content (AvgIpc) is 3.16. The summed E-state index contributed by atoms with van der Waals surface area (Å²) >= 11 is 6.14. The molecule has 110 valence electrons. The van der Waals surface area contributed by atoms with Crippen molar-refractivity contribution in [2.75, 3.05) is 23.4 Å². The minimum Gasteiger partial charge on any atom is -0.369 e. The van der Waals surface area contributed by atoms with Crippen LogP contribution in [-0.2, 0) is 9.84 Å². The first-order valence-electron chi connectivity index (χ1n) is 6.93. The van der Waals surface area contributed by atoms with Gasteiger partial charge in [-0.25, -0.2) is 18.4 Å². The zero-order chi connectivity index (χ0) is 14.3. The molecule has 3 rings (SSSR count). The lowest BCUT2D eigenvalue weighted by Crippen LogP contribution is -2.17. The molecule has 0 amide bonds. The topological polar surface area (TPSA) is 72.0 Å². The normalized spacial score (nSPS) is 24.8. The Morgan fingerprint density at radius 2 is 2.05 bits per heavy atom. The fourth-order valence-corrected chi connectivity index (χ4v) is 4.51. The monoisotopic (exact) mass is 315 g/mol. The Balaban J connectivity index is 1.70. The maximum Gasteiger partial charge on any atom is 0.150 e. The van der Waals surface area contributed by atoms with Crippen LogP contribution in [0.25, 0.3) is 0 Å². The molecule has 20 heavy (non-hydrogen) atoms. The number of sulfone groups is 1. The van der Waals surface area contributed by atoms with Crippen molar-refractivity contribution in [3.05, 3.63) is 16.5 Å². The summed E-state index contributed by atoms with van der Waals surface area (Å²) in [6.45, 7) is 2.50. The molecule has 0 radical (unpaired) electrons. The van der Waals surface area contributed by atoms with E-state index in [1.54, 1.807) is 0 Å². The smallest absolute Gasteiger partial charge is 0.150 e. The molecule has 0 aromatic carbocycles. The molecule has 2 heterocycles. The SMILES string of the molecule is Cc1c(Cl)nc(C2CC2)nc1NCC1CCS(=O)(=O)C1. The molecule has 1 N–H and O–H groups in total. The van der Waals surface area contributed by atoms with E-state index < -0.39 is 9.84 Å². The van der Waals surface area contributed by atoms with E-state index in [9.17, 15) is 8.42 Å². The molecular formula is C13H18ClN3O2S. The summed E-state index contributed by atoms with van der Waals surface area (Å²) in [4.78, 5) is 8.85. The van der Waals surface area contributed by atoms with Gasteiger partial charge in [-0.05, 0) is 32.1 Å². The highest BCUT2D eigenvalue weighted by Crippen LogP contribution is 2.39. The van der Waals surface area contributed by atoms with Crippen molar-refractivity contribution in [2.24, 2.45) is 5.92 Å². The second-order valence-corrected chi connectivity index (χ2v) is 8.36. The third kappa shape index (κ3) is 3.06. The molecular weight excluding hydrogens is 298 g/mol. The standard InChI is InChI=1S/C13H18ClN3O2S/c1-8-11(14)16-13(10-2-3-10)17-12(8)15-6-9-4-5-20(18,19)7-9/h9-10H,2-7H2,1H3,(H,15,16,17). The zero-order valence-corrected chi connectivity index (χ0v) is 13.0. The number of nitrogens with one attached hydrogen (secondary N) is 1. The Morgan fingerprint density at radius 1 is 1.30 bits per heavy atom. The number of nitrogens with zero attached hydrogens (tertiary/aromatic N) is 2. The second kappa shape index (κ2) is 5.15. The van der Waals surface area contributed by atoms with E-state index in [0.717, 1.165) is 36.5 Å². The summed E-state index contributed by atoms with van der Waals surface area (Å²) in [5.41, 5.74) is 0.830. The molecule has 2 fully saturated rings. The Labute approximate surface area is 124 Å². The molecule has 7 heteroatoms. The molecule has 0 spiro atoms. The van der Waals surface area contributed by atoms with Crippen LogP contribution in [-0.4, -0.2) is 36.4 Å². The highest BCUT2D eigenvalue weighted by atomic mass is 35.5. The van der Waals surface area contributed by atoms with Crippen molar-refractivity contribution in [1.29, 1.82) is 0 Å². The van der Waals surface area contributed by atoms with E-state index in [-0.39, 0.29) is 11.7 Å². The van der Waals surface area contributed by atoms with Crippen LogP contribution in [0.1, 0.15) is 36.6 Å². The molecule has 2 aliphatic rings. The molecule has 1 saturated heterocycles. The first-order valence-corrected chi connectivity index (χ1v) is 9.13. The molecule has 1 aliphatic heterocycles. The third-order valence-electron chi connectivity index (χ3n) is 3.93. The van der Waals surface area contributed by atoms with E-state index in [1.807, 2.05) is 6.92 Å². The van der Waals surface area contributed by atoms with Crippen molar-refractivity contribution < 1.29 is 8.42 Å². The fourth-order valence-electron chi connectivity index (χ4n) is 2.48. The molecule has 1 unspecified atom stereocenters. The van der Waals surface area contributed by atoms with Crippen LogP contribution in [0.3, 0.4) is 0 Å². The van der Waals surface area contributed by atoms with Crippen molar-refractivity contribution in [3.63, 3.8) is 0 Å². The summed E-state index contributed by atoms with van der Waals surface area (Å²) in [6.07, 6.45) is 2.97. The second-order valence-electron chi connectivity index (χ2n) is 5.77. The first-order chi connectivity index (χ1) is 9.44. The van der Waals surface area contributed by atoms with Crippen LogP contribution in [0, 0.1) is 12.8 Å². The van der Waals surface area contributed by atoms with Gasteiger partial charge in [0.1, 0.15) is 16.8 Å². The van der Waals surface area contributed by atoms with Gasteiger partial charge < -0.3 is 5.32 Å². The molecule has 5 nitrogen and oxygen atoms in total. The van der Waals surface area contributed by atoms with Crippen molar-refractivity contribution in [3.8, 4) is 0 Å². The number of anilines is 1. The van der Waals surface area contributed by atoms with Crippen molar-refractivity contribution in [2.45, 2.75) is 32.1 Å². The van der Waals surface area contributed by atoms with Crippen molar-refractivity contribution >= 4 is 27.3 Å². The molecule has 1 aromatic rings. The minimum atomic E-state index is -2.83. The average molecular weight is 316 g/mol. The summed E-state index contributed by atoms with van der Waals surface area (Å²) in [5.74, 6) is 2.74. The lowest BCUT2D eigenvalue weighted by molar-refractivity contribution is 0.595. The fraction of sp³-hybridized carbons (Fsp3) is 0.692. The predicted octanol–water partition coefficient (Wildman–Crippen LogP) is 2.16. The van der Waals surface area contributed by atoms with E-state index in [1.165, 1.54) is 0 Å².